The Morgan fingerprint density at radius 2 is 2.22 bits per heavy atom. The second kappa shape index (κ2) is 4.57. The van der Waals surface area contributed by atoms with Crippen LogP contribution in [0.25, 0.3) is 10.9 Å². The standard InChI is InChI=1S/C14H17ClN2O/c15-11-2-3-12-10(8-17-13(12)6-11)7-16-9-14(18)4-1-5-14/h2-3,6,8,16-18H,1,4-5,7,9H2. The molecule has 18 heavy (non-hydrogen) atoms. The molecule has 0 radical (unpaired) electrons. The largest absolute Gasteiger partial charge is 0.389 e. The molecule has 1 saturated carbocycles. The number of fused-ring (bicyclic) bond motifs is 1. The quantitative estimate of drug-likeness (QED) is 0.795. The van der Waals surface area contributed by atoms with Gasteiger partial charge in [0.2, 0.25) is 0 Å². The van der Waals surface area contributed by atoms with E-state index >= 15 is 0 Å². The number of nitrogens with one attached hydrogen (secondary N) is 2. The van der Waals surface area contributed by atoms with Crippen LogP contribution in [0.15, 0.2) is 24.4 Å². The molecule has 1 aromatic heterocycles. The zero-order chi connectivity index (χ0) is 12.6. The molecule has 3 rings (SSSR count). The van der Waals surface area contributed by atoms with Crippen molar-refractivity contribution in [3.63, 3.8) is 0 Å². The highest BCUT2D eigenvalue weighted by molar-refractivity contribution is 6.31. The Bertz CT molecular complexity index is 560. The van der Waals surface area contributed by atoms with Crippen LogP contribution >= 0.6 is 11.6 Å². The molecule has 1 fully saturated rings. The zero-order valence-electron chi connectivity index (χ0n) is 10.2. The fourth-order valence-electron chi connectivity index (χ4n) is 2.50. The number of aliphatic hydroxyl groups is 1. The molecule has 96 valence electrons. The molecule has 0 aliphatic heterocycles. The van der Waals surface area contributed by atoms with Gasteiger partial charge in [0.05, 0.1) is 5.60 Å². The first-order valence-electron chi connectivity index (χ1n) is 6.35. The highest BCUT2D eigenvalue weighted by Gasteiger charge is 2.33. The number of hydrogen-bond donors (Lipinski definition) is 3. The third-order valence-electron chi connectivity index (χ3n) is 3.78. The Kier molecular flexibility index (Phi) is 3.06. The average molecular weight is 265 g/mol. The van der Waals surface area contributed by atoms with Crippen LogP contribution in [0.4, 0.5) is 0 Å². The van der Waals surface area contributed by atoms with Crippen molar-refractivity contribution in [2.45, 2.75) is 31.4 Å². The van der Waals surface area contributed by atoms with E-state index in [0.29, 0.717) is 6.54 Å². The molecule has 1 aliphatic carbocycles. The van der Waals surface area contributed by atoms with Crippen LogP contribution in [-0.2, 0) is 6.54 Å². The summed E-state index contributed by atoms with van der Waals surface area (Å²) in [5.41, 5.74) is 1.81. The molecule has 1 aromatic carbocycles. The van der Waals surface area contributed by atoms with Gasteiger partial charge in [-0.15, -0.1) is 0 Å². The van der Waals surface area contributed by atoms with Crippen LogP contribution in [0.5, 0.6) is 0 Å². The van der Waals surface area contributed by atoms with Crippen molar-refractivity contribution in [1.82, 2.24) is 10.3 Å². The maximum absolute atomic E-state index is 10.0. The number of aromatic amines is 1. The van der Waals surface area contributed by atoms with Gasteiger partial charge in [-0.2, -0.15) is 0 Å². The number of H-pyrrole nitrogens is 1. The van der Waals surface area contributed by atoms with Crippen molar-refractivity contribution in [3.8, 4) is 0 Å². The molecule has 0 unspecified atom stereocenters. The van der Waals surface area contributed by atoms with E-state index in [9.17, 15) is 5.11 Å². The minimum absolute atomic E-state index is 0.463. The van der Waals surface area contributed by atoms with Crippen LogP contribution in [0, 0.1) is 0 Å². The fraction of sp³-hybridized carbons (Fsp3) is 0.429. The second-order valence-electron chi connectivity index (χ2n) is 5.19. The molecule has 3 nitrogen and oxygen atoms in total. The number of benzene rings is 1. The van der Waals surface area contributed by atoms with E-state index in [2.05, 4.69) is 10.3 Å². The van der Waals surface area contributed by atoms with E-state index in [1.807, 2.05) is 24.4 Å². The molecule has 2 aromatic rings. The molecular formula is C14H17ClN2O. The second-order valence-corrected chi connectivity index (χ2v) is 5.62. The summed E-state index contributed by atoms with van der Waals surface area (Å²) in [6, 6.07) is 5.86. The summed E-state index contributed by atoms with van der Waals surface area (Å²) in [7, 11) is 0. The van der Waals surface area contributed by atoms with Gasteiger partial charge in [0.15, 0.2) is 0 Å². The third kappa shape index (κ3) is 2.26. The first kappa shape index (κ1) is 12.0. The summed E-state index contributed by atoms with van der Waals surface area (Å²) in [5, 5.41) is 15.3. The molecule has 0 saturated heterocycles. The first-order valence-corrected chi connectivity index (χ1v) is 6.73. The van der Waals surface area contributed by atoms with Crippen LogP contribution in [0.1, 0.15) is 24.8 Å². The Hall–Kier alpha value is -1.03. The lowest BCUT2D eigenvalue weighted by molar-refractivity contribution is -0.0314. The third-order valence-corrected chi connectivity index (χ3v) is 4.02. The van der Waals surface area contributed by atoms with E-state index in [4.69, 9.17) is 11.6 Å². The minimum Gasteiger partial charge on any atom is -0.389 e. The molecule has 0 bridgehead atoms. The van der Waals surface area contributed by atoms with E-state index in [1.165, 1.54) is 10.9 Å². The maximum atomic E-state index is 10.0. The van der Waals surface area contributed by atoms with Gasteiger partial charge in [-0.3, -0.25) is 0 Å². The van der Waals surface area contributed by atoms with Crippen LogP contribution in [0.2, 0.25) is 5.02 Å². The van der Waals surface area contributed by atoms with Crippen molar-refractivity contribution in [1.29, 1.82) is 0 Å². The van der Waals surface area contributed by atoms with Gasteiger partial charge in [-0.1, -0.05) is 17.7 Å². The van der Waals surface area contributed by atoms with E-state index < -0.39 is 5.60 Å². The Morgan fingerprint density at radius 1 is 1.39 bits per heavy atom. The average Bonchev–Trinajstić information content (AvgIpc) is 2.69. The number of rotatable bonds is 4. The maximum Gasteiger partial charge on any atom is 0.0771 e. The van der Waals surface area contributed by atoms with Crippen LogP contribution in [0.3, 0.4) is 0 Å². The highest BCUT2D eigenvalue weighted by atomic mass is 35.5. The molecule has 3 N–H and O–H groups in total. The van der Waals surface area contributed by atoms with E-state index in [-0.39, 0.29) is 0 Å². The molecule has 0 spiro atoms. The Balaban J connectivity index is 1.67. The van der Waals surface area contributed by atoms with Gasteiger partial charge in [0.25, 0.3) is 0 Å². The Morgan fingerprint density at radius 3 is 2.94 bits per heavy atom. The fourth-order valence-corrected chi connectivity index (χ4v) is 2.67. The van der Waals surface area contributed by atoms with Gasteiger partial charge >= 0.3 is 0 Å². The van der Waals surface area contributed by atoms with Crippen LogP contribution < -0.4 is 5.32 Å². The lowest BCUT2D eigenvalue weighted by Crippen LogP contribution is -2.45. The molecule has 1 aliphatic rings. The molecule has 0 amide bonds. The van der Waals surface area contributed by atoms with E-state index in [1.54, 1.807) is 0 Å². The van der Waals surface area contributed by atoms with Crippen molar-refractivity contribution < 1.29 is 5.11 Å². The molecule has 0 atom stereocenters. The Labute approximate surface area is 111 Å². The normalized spacial score (nSPS) is 17.9. The van der Waals surface area contributed by atoms with Crippen LogP contribution in [-0.4, -0.2) is 22.2 Å². The summed E-state index contributed by atoms with van der Waals surface area (Å²) in [4.78, 5) is 3.22. The summed E-state index contributed by atoms with van der Waals surface area (Å²) in [6.45, 7) is 1.44. The van der Waals surface area contributed by atoms with Crippen molar-refractivity contribution in [3.05, 3.63) is 35.0 Å². The zero-order valence-corrected chi connectivity index (χ0v) is 10.9. The van der Waals surface area contributed by atoms with Gasteiger partial charge < -0.3 is 15.4 Å². The monoisotopic (exact) mass is 264 g/mol. The summed E-state index contributed by atoms with van der Waals surface area (Å²) in [5.74, 6) is 0. The van der Waals surface area contributed by atoms with Crippen molar-refractivity contribution >= 4 is 22.5 Å². The predicted molar refractivity (Wildman–Crippen MR) is 73.8 cm³/mol. The lowest BCUT2D eigenvalue weighted by atomic mass is 9.80. The van der Waals surface area contributed by atoms with Gasteiger partial charge in [-0.05, 0) is 37.0 Å². The number of halogens is 1. The summed E-state index contributed by atoms with van der Waals surface area (Å²) < 4.78 is 0. The molecule has 1 heterocycles. The summed E-state index contributed by atoms with van der Waals surface area (Å²) in [6.07, 6.45) is 4.98. The first-order chi connectivity index (χ1) is 8.66. The van der Waals surface area contributed by atoms with Gasteiger partial charge in [-0.25, -0.2) is 0 Å². The van der Waals surface area contributed by atoms with Gasteiger partial charge in [0, 0.05) is 35.2 Å². The molecular weight excluding hydrogens is 248 g/mol. The lowest BCUT2D eigenvalue weighted by Gasteiger charge is -2.36. The predicted octanol–water partition coefficient (Wildman–Crippen LogP) is 2.83. The highest BCUT2D eigenvalue weighted by Crippen LogP contribution is 2.30. The SMILES string of the molecule is OC1(CNCc2c[nH]c3cc(Cl)ccc23)CCC1. The smallest absolute Gasteiger partial charge is 0.0771 e. The summed E-state index contributed by atoms with van der Waals surface area (Å²) >= 11 is 5.95. The number of hydrogen-bond acceptors (Lipinski definition) is 2. The number of aromatic nitrogens is 1. The van der Waals surface area contributed by atoms with E-state index in [0.717, 1.165) is 36.3 Å². The topological polar surface area (TPSA) is 48.0 Å². The van der Waals surface area contributed by atoms with Crippen molar-refractivity contribution in [2.24, 2.45) is 0 Å². The van der Waals surface area contributed by atoms with Gasteiger partial charge in [0.1, 0.15) is 0 Å². The minimum atomic E-state index is -0.463. The molecule has 4 heteroatoms. The van der Waals surface area contributed by atoms with Crippen molar-refractivity contribution in [2.75, 3.05) is 6.54 Å².